The van der Waals surface area contributed by atoms with Crippen molar-refractivity contribution >= 4 is 11.6 Å². The van der Waals surface area contributed by atoms with Gasteiger partial charge in [-0.2, -0.15) is 0 Å². The number of nitrogens with one attached hydrogen (secondary N) is 1. The molecule has 0 aliphatic heterocycles. The normalized spacial score (nSPS) is 21.4. The summed E-state index contributed by atoms with van der Waals surface area (Å²) in [6.45, 7) is 4.23. The van der Waals surface area contributed by atoms with E-state index in [0.29, 0.717) is 0 Å². The number of oxime groups is 1. The van der Waals surface area contributed by atoms with Crippen molar-refractivity contribution in [3.05, 3.63) is 0 Å². The van der Waals surface area contributed by atoms with Crippen LogP contribution in [-0.2, 0) is 9.53 Å². The molecule has 0 aromatic rings. The topological polar surface area (TPSA) is 70.9 Å². The van der Waals surface area contributed by atoms with E-state index in [1.54, 1.807) is 0 Å². The van der Waals surface area contributed by atoms with Gasteiger partial charge in [-0.3, -0.25) is 4.79 Å². The van der Waals surface area contributed by atoms with Crippen LogP contribution in [0.25, 0.3) is 0 Å². The maximum absolute atomic E-state index is 11.6. The second-order valence-electron chi connectivity index (χ2n) is 4.93. The highest BCUT2D eigenvalue weighted by Crippen LogP contribution is 2.18. The van der Waals surface area contributed by atoms with Gasteiger partial charge in [0.2, 0.25) is 5.91 Å². The zero-order valence-corrected chi connectivity index (χ0v) is 11.3. The van der Waals surface area contributed by atoms with Gasteiger partial charge in [-0.25, -0.2) is 0 Å². The number of carbonyl (C=O) groups excluding carboxylic acids is 1. The highest BCUT2D eigenvalue weighted by Gasteiger charge is 2.19. The average Bonchev–Trinajstić information content (AvgIpc) is 2.37. The monoisotopic (exact) mass is 256 g/mol. The van der Waals surface area contributed by atoms with Gasteiger partial charge < -0.3 is 15.3 Å². The van der Waals surface area contributed by atoms with Crippen molar-refractivity contribution < 1.29 is 14.7 Å². The first-order chi connectivity index (χ1) is 8.65. The summed E-state index contributed by atoms with van der Waals surface area (Å²) in [4.78, 5) is 11.6. The standard InChI is InChI=1S/C13H24N2O3/c1-3-4-10(2)14-13(16)9-18-12-7-5-11(15-17)6-8-12/h10,12,17H,3-9H2,1-2H3,(H,14,16). The van der Waals surface area contributed by atoms with Crippen LogP contribution in [0, 0.1) is 0 Å². The Balaban J connectivity index is 2.15. The molecule has 1 aliphatic carbocycles. The molecule has 1 atom stereocenters. The number of amides is 1. The Morgan fingerprint density at radius 1 is 1.56 bits per heavy atom. The van der Waals surface area contributed by atoms with E-state index in [1.165, 1.54) is 0 Å². The van der Waals surface area contributed by atoms with Crippen molar-refractivity contribution in [2.24, 2.45) is 5.16 Å². The minimum Gasteiger partial charge on any atom is -0.411 e. The van der Waals surface area contributed by atoms with E-state index in [4.69, 9.17) is 9.94 Å². The smallest absolute Gasteiger partial charge is 0.246 e. The summed E-state index contributed by atoms with van der Waals surface area (Å²) in [5.74, 6) is -0.0439. The van der Waals surface area contributed by atoms with Crippen LogP contribution >= 0.6 is 0 Å². The molecule has 18 heavy (non-hydrogen) atoms. The van der Waals surface area contributed by atoms with Gasteiger partial charge in [0.05, 0.1) is 11.8 Å². The molecule has 0 heterocycles. The van der Waals surface area contributed by atoms with E-state index in [1.807, 2.05) is 6.92 Å². The minimum atomic E-state index is -0.0439. The maximum atomic E-state index is 11.6. The van der Waals surface area contributed by atoms with Crippen molar-refractivity contribution in [2.75, 3.05) is 6.61 Å². The Morgan fingerprint density at radius 2 is 2.22 bits per heavy atom. The quantitative estimate of drug-likeness (QED) is 0.564. The van der Waals surface area contributed by atoms with Gasteiger partial charge in [0.1, 0.15) is 6.61 Å². The van der Waals surface area contributed by atoms with Crippen molar-refractivity contribution in [3.63, 3.8) is 0 Å². The van der Waals surface area contributed by atoms with Crippen LogP contribution in [0.2, 0.25) is 0 Å². The fourth-order valence-corrected chi connectivity index (χ4v) is 2.21. The van der Waals surface area contributed by atoms with Gasteiger partial charge >= 0.3 is 0 Å². The molecule has 1 rings (SSSR count). The molecule has 0 bridgehead atoms. The van der Waals surface area contributed by atoms with E-state index in [2.05, 4.69) is 17.4 Å². The second-order valence-corrected chi connectivity index (χ2v) is 4.93. The number of ether oxygens (including phenoxy) is 1. The Morgan fingerprint density at radius 3 is 2.78 bits per heavy atom. The maximum Gasteiger partial charge on any atom is 0.246 e. The third-order valence-electron chi connectivity index (χ3n) is 3.23. The average molecular weight is 256 g/mol. The lowest BCUT2D eigenvalue weighted by Gasteiger charge is -2.22. The number of hydrogen-bond acceptors (Lipinski definition) is 4. The van der Waals surface area contributed by atoms with Crippen LogP contribution in [0.5, 0.6) is 0 Å². The number of hydrogen-bond donors (Lipinski definition) is 2. The van der Waals surface area contributed by atoms with Gasteiger partial charge in [-0.05, 0) is 39.0 Å². The van der Waals surface area contributed by atoms with Gasteiger partial charge in [-0.15, -0.1) is 0 Å². The zero-order valence-electron chi connectivity index (χ0n) is 11.3. The molecule has 1 fully saturated rings. The lowest BCUT2D eigenvalue weighted by molar-refractivity contribution is -0.128. The minimum absolute atomic E-state index is 0.0439. The molecule has 1 saturated carbocycles. The summed E-state index contributed by atoms with van der Waals surface area (Å²) in [6.07, 6.45) is 5.35. The van der Waals surface area contributed by atoms with Crippen LogP contribution in [0.4, 0.5) is 0 Å². The molecule has 1 unspecified atom stereocenters. The van der Waals surface area contributed by atoms with Crippen LogP contribution in [0.3, 0.4) is 0 Å². The Bertz CT molecular complexity index is 282. The highest BCUT2D eigenvalue weighted by molar-refractivity contribution is 5.84. The van der Waals surface area contributed by atoms with E-state index in [9.17, 15) is 4.79 Å². The summed E-state index contributed by atoms with van der Waals surface area (Å²) >= 11 is 0. The molecule has 2 N–H and O–H groups in total. The van der Waals surface area contributed by atoms with Gasteiger partial charge in [0, 0.05) is 6.04 Å². The predicted octanol–water partition coefficient (Wildman–Crippen LogP) is 2.08. The van der Waals surface area contributed by atoms with Crippen molar-refractivity contribution in [1.29, 1.82) is 0 Å². The second kappa shape index (κ2) is 8.08. The molecule has 0 saturated heterocycles. The van der Waals surface area contributed by atoms with Crippen molar-refractivity contribution in [2.45, 2.75) is 64.5 Å². The number of carbonyl (C=O) groups is 1. The van der Waals surface area contributed by atoms with Gasteiger partial charge in [0.15, 0.2) is 0 Å². The third kappa shape index (κ3) is 5.49. The lowest BCUT2D eigenvalue weighted by Crippen LogP contribution is -2.36. The summed E-state index contributed by atoms with van der Waals surface area (Å²) in [7, 11) is 0. The van der Waals surface area contributed by atoms with Crippen molar-refractivity contribution in [3.8, 4) is 0 Å². The van der Waals surface area contributed by atoms with Crippen LogP contribution in [-0.4, -0.2) is 35.6 Å². The molecular formula is C13H24N2O3. The summed E-state index contributed by atoms with van der Waals surface area (Å²) in [5, 5.41) is 14.8. The summed E-state index contributed by atoms with van der Waals surface area (Å²) < 4.78 is 5.57. The van der Waals surface area contributed by atoms with Gasteiger partial charge in [-0.1, -0.05) is 18.5 Å². The van der Waals surface area contributed by atoms with Crippen LogP contribution in [0.1, 0.15) is 52.4 Å². The summed E-state index contributed by atoms with van der Waals surface area (Å²) in [6, 6.07) is 0.214. The highest BCUT2D eigenvalue weighted by atomic mass is 16.5. The fraction of sp³-hybridized carbons (Fsp3) is 0.846. The summed E-state index contributed by atoms with van der Waals surface area (Å²) in [5.41, 5.74) is 0.830. The number of rotatable bonds is 6. The predicted molar refractivity (Wildman–Crippen MR) is 69.9 cm³/mol. The SMILES string of the molecule is CCCC(C)NC(=O)COC1CCC(=NO)CC1. The fourth-order valence-electron chi connectivity index (χ4n) is 2.21. The van der Waals surface area contributed by atoms with Crippen LogP contribution in [0.15, 0.2) is 5.16 Å². The molecule has 0 aromatic heterocycles. The molecule has 1 aliphatic rings. The van der Waals surface area contributed by atoms with E-state index >= 15 is 0 Å². The van der Waals surface area contributed by atoms with Crippen LogP contribution < -0.4 is 5.32 Å². The zero-order chi connectivity index (χ0) is 13.4. The Labute approximate surface area is 109 Å². The molecule has 5 nitrogen and oxygen atoms in total. The first kappa shape index (κ1) is 15.0. The molecule has 1 amide bonds. The molecule has 104 valence electrons. The van der Waals surface area contributed by atoms with Crippen molar-refractivity contribution in [1.82, 2.24) is 5.32 Å². The Hall–Kier alpha value is -1.10. The molecule has 0 radical (unpaired) electrons. The van der Waals surface area contributed by atoms with E-state index < -0.39 is 0 Å². The lowest BCUT2D eigenvalue weighted by atomic mass is 9.96. The number of nitrogens with zero attached hydrogens (tertiary/aromatic N) is 1. The first-order valence-corrected chi connectivity index (χ1v) is 6.76. The molecule has 0 spiro atoms. The first-order valence-electron chi connectivity index (χ1n) is 6.76. The molecule has 5 heteroatoms. The Kier molecular flexibility index (Phi) is 6.72. The molecule has 0 aromatic carbocycles. The largest absolute Gasteiger partial charge is 0.411 e. The third-order valence-corrected chi connectivity index (χ3v) is 3.23. The molecular weight excluding hydrogens is 232 g/mol. The van der Waals surface area contributed by atoms with E-state index in [0.717, 1.165) is 44.2 Å². The van der Waals surface area contributed by atoms with Gasteiger partial charge in [0.25, 0.3) is 0 Å². The van der Waals surface area contributed by atoms with E-state index in [-0.39, 0.29) is 24.7 Å².